The highest BCUT2D eigenvalue weighted by Crippen LogP contribution is 2.38. The van der Waals surface area contributed by atoms with Crippen LogP contribution in [0.15, 0.2) is 35.0 Å². The SMILES string of the molecule is CCCc1c(OCCCN(C)C(=O)Nc2ccc(F)cn2)ccc2c(C(F)(F)F)noc12. The molecule has 0 spiro atoms. The number of aromatic nitrogens is 2. The number of benzene rings is 1. The number of carbonyl (C=O) groups excluding carboxylic acids is 1. The van der Waals surface area contributed by atoms with Crippen molar-refractivity contribution in [2.24, 2.45) is 0 Å². The standard InChI is InChI=1S/C21H22F4N4O3/c1-3-5-14-16(8-7-15-18(14)32-28-19(15)21(23,24)25)31-11-4-10-29(2)20(30)27-17-9-6-13(22)12-26-17/h6-9,12H,3-5,10-11H2,1-2H3,(H,26,27,30). The Balaban J connectivity index is 1.59. The lowest BCUT2D eigenvalue weighted by Gasteiger charge is -2.18. The molecule has 0 atom stereocenters. The lowest BCUT2D eigenvalue weighted by Crippen LogP contribution is -2.33. The van der Waals surface area contributed by atoms with Crippen LogP contribution in [-0.2, 0) is 12.6 Å². The Labute approximate surface area is 181 Å². The maximum absolute atomic E-state index is 13.1. The summed E-state index contributed by atoms with van der Waals surface area (Å²) in [6.45, 7) is 2.47. The molecule has 172 valence electrons. The monoisotopic (exact) mass is 454 g/mol. The van der Waals surface area contributed by atoms with E-state index < -0.39 is 23.7 Å². The number of carbonyl (C=O) groups is 1. The van der Waals surface area contributed by atoms with Gasteiger partial charge in [0.05, 0.1) is 18.2 Å². The molecule has 3 rings (SSSR count). The number of hydrogen-bond acceptors (Lipinski definition) is 5. The molecule has 0 aliphatic carbocycles. The number of fused-ring (bicyclic) bond motifs is 1. The van der Waals surface area contributed by atoms with Crippen LogP contribution >= 0.6 is 0 Å². The minimum atomic E-state index is -4.61. The Bertz CT molecular complexity index is 1070. The van der Waals surface area contributed by atoms with Crippen molar-refractivity contribution in [1.29, 1.82) is 0 Å². The summed E-state index contributed by atoms with van der Waals surface area (Å²) >= 11 is 0. The van der Waals surface area contributed by atoms with Crippen LogP contribution in [0.1, 0.15) is 31.0 Å². The van der Waals surface area contributed by atoms with Crippen molar-refractivity contribution in [3.05, 3.63) is 47.5 Å². The highest BCUT2D eigenvalue weighted by molar-refractivity contribution is 5.88. The number of pyridine rings is 1. The highest BCUT2D eigenvalue weighted by Gasteiger charge is 2.37. The second-order valence-electron chi connectivity index (χ2n) is 7.11. The fourth-order valence-corrected chi connectivity index (χ4v) is 3.11. The Morgan fingerprint density at radius 1 is 1.25 bits per heavy atom. The van der Waals surface area contributed by atoms with Gasteiger partial charge in [-0.25, -0.2) is 14.2 Å². The predicted molar refractivity (Wildman–Crippen MR) is 109 cm³/mol. The summed E-state index contributed by atoms with van der Waals surface area (Å²) in [5.41, 5.74) is -0.457. The minimum absolute atomic E-state index is 0.0694. The molecule has 2 aromatic heterocycles. The Kier molecular flexibility index (Phi) is 7.16. The number of nitrogens with one attached hydrogen (secondary N) is 1. The fraction of sp³-hybridized carbons (Fsp3) is 0.381. The van der Waals surface area contributed by atoms with Crippen LogP contribution in [0, 0.1) is 5.82 Å². The molecule has 2 amide bonds. The van der Waals surface area contributed by atoms with Gasteiger partial charge in [0.25, 0.3) is 0 Å². The summed E-state index contributed by atoms with van der Waals surface area (Å²) in [7, 11) is 1.58. The van der Waals surface area contributed by atoms with Gasteiger partial charge >= 0.3 is 12.2 Å². The molecule has 0 radical (unpaired) electrons. The van der Waals surface area contributed by atoms with Crippen LogP contribution in [0.2, 0.25) is 0 Å². The molecular weight excluding hydrogens is 432 g/mol. The van der Waals surface area contributed by atoms with E-state index in [0.717, 1.165) is 6.20 Å². The summed E-state index contributed by atoms with van der Waals surface area (Å²) in [6, 6.07) is 4.89. The van der Waals surface area contributed by atoms with Gasteiger partial charge in [-0.3, -0.25) is 5.32 Å². The number of nitrogens with zero attached hydrogens (tertiary/aromatic N) is 3. The lowest BCUT2D eigenvalue weighted by atomic mass is 10.0. The van der Waals surface area contributed by atoms with E-state index in [1.165, 1.54) is 29.2 Å². The molecule has 1 aromatic carbocycles. The average molecular weight is 454 g/mol. The zero-order valence-corrected chi connectivity index (χ0v) is 17.5. The number of amides is 2. The van der Waals surface area contributed by atoms with Crippen molar-refractivity contribution in [1.82, 2.24) is 15.0 Å². The first-order chi connectivity index (χ1) is 15.2. The third-order valence-electron chi connectivity index (χ3n) is 4.67. The Hall–Kier alpha value is -3.37. The van der Waals surface area contributed by atoms with E-state index in [1.807, 2.05) is 6.92 Å². The number of anilines is 1. The number of urea groups is 1. The molecule has 0 aliphatic rings. The summed E-state index contributed by atoms with van der Waals surface area (Å²) in [5.74, 6) is 0.142. The first-order valence-electron chi connectivity index (χ1n) is 9.95. The zero-order valence-electron chi connectivity index (χ0n) is 17.5. The van der Waals surface area contributed by atoms with Crippen LogP contribution in [0.4, 0.5) is 28.2 Å². The number of rotatable bonds is 8. The average Bonchev–Trinajstić information content (AvgIpc) is 3.19. The molecule has 2 heterocycles. The van der Waals surface area contributed by atoms with E-state index in [0.29, 0.717) is 37.1 Å². The van der Waals surface area contributed by atoms with E-state index in [2.05, 4.69) is 15.5 Å². The number of alkyl halides is 3. The van der Waals surface area contributed by atoms with Gasteiger partial charge in [0.2, 0.25) is 0 Å². The lowest BCUT2D eigenvalue weighted by molar-refractivity contribution is -0.141. The van der Waals surface area contributed by atoms with Crippen LogP contribution in [0.3, 0.4) is 0 Å². The van der Waals surface area contributed by atoms with Gasteiger partial charge in [-0.15, -0.1) is 0 Å². The third kappa shape index (κ3) is 5.45. The van der Waals surface area contributed by atoms with Crippen LogP contribution < -0.4 is 10.1 Å². The van der Waals surface area contributed by atoms with Gasteiger partial charge in [0.1, 0.15) is 17.4 Å². The molecule has 0 saturated heterocycles. The Morgan fingerprint density at radius 3 is 2.69 bits per heavy atom. The highest BCUT2D eigenvalue weighted by atomic mass is 19.4. The minimum Gasteiger partial charge on any atom is -0.493 e. The number of hydrogen-bond donors (Lipinski definition) is 1. The van der Waals surface area contributed by atoms with Gasteiger partial charge in [0.15, 0.2) is 11.3 Å². The molecule has 0 saturated carbocycles. The van der Waals surface area contributed by atoms with E-state index >= 15 is 0 Å². The number of halogens is 4. The third-order valence-corrected chi connectivity index (χ3v) is 4.67. The normalized spacial score (nSPS) is 11.6. The smallest absolute Gasteiger partial charge is 0.437 e. The van der Waals surface area contributed by atoms with Crippen LogP contribution in [-0.4, -0.2) is 41.3 Å². The Morgan fingerprint density at radius 2 is 2.03 bits per heavy atom. The topological polar surface area (TPSA) is 80.5 Å². The zero-order chi connectivity index (χ0) is 23.3. The molecule has 7 nitrogen and oxygen atoms in total. The maximum atomic E-state index is 13.1. The molecule has 0 aliphatic heterocycles. The van der Waals surface area contributed by atoms with Crippen molar-refractivity contribution >= 4 is 22.8 Å². The molecule has 0 fully saturated rings. The fourth-order valence-electron chi connectivity index (χ4n) is 3.11. The van der Waals surface area contributed by atoms with Gasteiger partial charge in [-0.1, -0.05) is 18.5 Å². The van der Waals surface area contributed by atoms with Gasteiger partial charge in [-0.05, 0) is 37.1 Å². The molecule has 0 bridgehead atoms. The molecule has 0 unspecified atom stereocenters. The summed E-state index contributed by atoms with van der Waals surface area (Å²) in [5, 5.41) is 5.64. The van der Waals surface area contributed by atoms with E-state index in [-0.39, 0.29) is 23.4 Å². The van der Waals surface area contributed by atoms with E-state index in [9.17, 15) is 22.4 Å². The number of aryl methyl sites for hydroxylation is 1. The second-order valence-corrected chi connectivity index (χ2v) is 7.11. The maximum Gasteiger partial charge on any atom is 0.437 e. The predicted octanol–water partition coefficient (Wildman–Crippen LogP) is 5.27. The molecule has 1 N–H and O–H groups in total. The van der Waals surface area contributed by atoms with Gasteiger partial charge < -0.3 is 14.2 Å². The summed E-state index contributed by atoms with van der Waals surface area (Å²) < 4.78 is 63.0. The van der Waals surface area contributed by atoms with Crippen molar-refractivity contribution in [2.45, 2.75) is 32.4 Å². The number of ether oxygens (including phenoxy) is 1. The molecule has 32 heavy (non-hydrogen) atoms. The van der Waals surface area contributed by atoms with Crippen molar-refractivity contribution in [2.75, 3.05) is 25.5 Å². The molecule has 11 heteroatoms. The van der Waals surface area contributed by atoms with E-state index in [4.69, 9.17) is 9.26 Å². The van der Waals surface area contributed by atoms with Gasteiger partial charge in [0, 0.05) is 19.2 Å². The quantitative estimate of drug-likeness (QED) is 0.371. The first kappa shape index (κ1) is 23.3. The largest absolute Gasteiger partial charge is 0.493 e. The second kappa shape index (κ2) is 9.84. The van der Waals surface area contributed by atoms with Crippen LogP contribution in [0.5, 0.6) is 5.75 Å². The van der Waals surface area contributed by atoms with Crippen LogP contribution in [0.25, 0.3) is 11.0 Å². The van der Waals surface area contributed by atoms with Crippen molar-refractivity contribution in [3.8, 4) is 5.75 Å². The summed E-state index contributed by atoms with van der Waals surface area (Å²) in [6.07, 6.45) is -2.00. The summed E-state index contributed by atoms with van der Waals surface area (Å²) in [4.78, 5) is 17.3. The van der Waals surface area contributed by atoms with Crippen molar-refractivity contribution in [3.63, 3.8) is 0 Å². The van der Waals surface area contributed by atoms with E-state index in [1.54, 1.807) is 7.05 Å². The molecular formula is C21H22F4N4O3. The molecule has 3 aromatic rings. The first-order valence-corrected chi connectivity index (χ1v) is 9.95. The van der Waals surface area contributed by atoms with Gasteiger partial charge in [-0.2, -0.15) is 13.2 Å². The van der Waals surface area contributed by atoms with Crippen molar-refractivity contribution < 1.29 is 31.6 Å².